The van der Waals surface area contributed by atoms with Gasteiger partial charge in [-0.3, -0.25) is 9.59 Å². The highest BCUT2D eigenvalue weighted by atomic mass is 32.1. The van der Waals surface area contributed by atoms with Crippen molar-refractivity contribution >= 4 is 36.1 Å². The molecular formula is C28H37F3N2O5S. The van der Waals surface area contributed by atoms with Crippen molar-refractivity contribution in [1.29, 1.82) is 0 Å². The fraction of sp³-hybridized carbons (Fsp3) is 0.464. The molecule has 1 saturated carbocycles. The molecule has 11 heteroatoms. The summed E-state index contributed by atoms with van der Waals surface area (Å²) in [6, 6.07) is 6.04. The van der Waals surface area contributed by atoms with E-state index in [-0.39, 0.29) is 40.4 Å². The average Bonchev–Trinajstić information content (AvgIpc) is 2.91. The maximum Gasteiger partial charge on any atom is 0.420 e. The highest BCUT2D eigenvalue weighted by Gasteiger charge is 2.36. The number of nitrogens with zero attached hydrogens (tertiary/aromatic N) is 1. The Kier molecular flexibility index (Phi) is 13.4. The summed E-state index contributed by atoms with van der Waals surface area (Å²) in [4.78, 5) is 38.1. The number of carboxylic acids is 1. The average molecular weight is 571 g/mol. The number of anilines is 1. The number of carboxylic acid groups (broad SMARTS) is 1. The van der Waals surface area contributed by atoms with Gasteiger partial charge in [0.05, 0.1) is 16.8 Å². The third kappa shape index (κ3) is 8.91. The minimum absolute atomic E-state index is 0.149. The second-order valence-electron chi connectivity index (χ2n) is 8.80. The Morgan fingerprint density at radius 1 is 1.03 bits per heavy atom. The third-order valence-corrected chi connectivity index (χ3v) is 5.96. The topological polar surface area (TPSA) is 110 Å². The number of benzene rings is 2. The summed E-state index contributed by atoms with van der Waals surface area (Å²) in [5.74, 6) is -3.55. The lowest BCUT2D eigenvalue weighted by Gasteiger charge is -2.33. The molecule has 2 aromatic rings. The second kappa shape index (κ2) is 15.4. The predicted octanol–water partition coefficient (Wildman–Crippen LogP) is 7.19. The molecule has 216 valence electrons. The number of hydrogen-bond donors (Lipinski definition) is 3. The molecule has 0 radical (unpaired) electrons. The van der Waals surface area contributed by atoms with E-state index < -0.39 is 29.4 Å². The third-order valence-electron chi connectivity index (χ3n) is 5.96. The molecule has 7 nitrogen and oxygen atoms in total. The summed E-state index contributed by atoms with van der Waals surface area (Å²) >= 11 is 3.53. The van der Waals surface area contributed by atoms with Crippen LogP contribution < -0.4 is 15.4 Å². The zero-order chi connectivity index (χ0) is 29.9. The Hall–Kier alpha value is -3.21. The van der Waals surface area contributed by atoms with Crippen LogP contribution in [0.15, 0.2) is 36.4 Å². The van der Waals surface area contributed by atoms with Gasteiger partial charge in [-0.05, 0) is 69.3 Å². The Labute approximate surface area is 232 Å². The lowest BCUT2D eigenvalue weighted by Crippen LogP contribution is -2.42. The first-order valence-corrected chi connectivity index (χ1v) is 13.6. The number of hydrogen-bond acceptors (Lipinski definition) is 5. The van der Waals surface area contributed by atoms with E-state index in [2.05, 4.69) is 12.6 Å². The number of aromatic carboxylic acids is 1. The van der Waals surface area contributed by atoms with Gasteiger partial charge in [-0.15, -0.1) is 0 Å². The van der Waals surface area contributed by atoms with Crippen LogP contribution in [0.2, 0.25) is 0 Å². The van der Waals surface area contributed by atoms with Crippen LogP contribution in [0.4, 0.5) is 18.9 Å². The second-order valence-corrected chi connectivity index (χ2v) is 8.80. The SMILES string of the molecule is CC.CC(C)N(C(=O)C1CCCCC1)c1ccc(Oc2ccc(C(N)=O)cc2C(F)(F)F)cc1C(=O)O.CS. The van der Waals surface area contributed by atoms with Crippen molar-refractivity contribution in [2.45, 2.75) is 72.0 Å². The van der Waals surface area contributed by atoms with Crippen LogP contribution in [0, 0.1) is 5.92 Å². The largest absolute Gasteiger partial charge is 0.478 e. The molecule has 1 aliphatic rings. The summed E-state index contributed by atoms with van der Waals surface area (Å²) in [5, 5.41) is 9.84. The first-order chi connectivity index (χ1) is 18.4. The predicted molar refractivity (Wildman–Crippen MR) is 149 cm³/mol. The number of alkyl halides is 3. The van der Waals surface area contributed by atoms with Gasteiger partial charge >= 0.3 is 12.1 Å². The van der Waals surface area contributed by atoms with Crippen molar-refractivity contribution in [2.75, 3.05) is 11.2 Å². The van der Waals surface area contributed by atoms with E-state index in [1.165, 1.54) is 17.0 Å². The van der Waals surface area contributed by atoms with Crippen LogP contribution in [0.1, 0.15) is 86.1 Å². The van der Waals surface area contributed by atoms with Gasteiger partial charge in [-0.1, -0.05) is 33.1 Å². The number of carbonyl (C=O) groups excluding carboxylic acids is 2. The van der Waals surface area contributed by atoms with E-state index in [9.17, 15) is 32.7 Å². The smallest absolute Gasteiger partial charge is 0.420 e. The molecule has 0 aromatic heterocycles. The number of primary amides is 1. The lowest BCUT2D eigenvalue weighted by molar-refractivity contribution is -0.138. The lowest BCUT2D eigenvalue weighted by atomic mass is 9.87. The molecule has 3 rings (SSSR count). The fourth-order valence-corrected chi connectivity index (χ4v) is 4.28. The van der Waals surface area contributed by atoms with Gasteiger partial charge < -0.3 is 20.5 Å². The van der Waals surface area contributed by atoms with E-state index in [1.54, 1.807) is 20.1 Å². The molecule has 0 heterocycles. The van der Waals surface area contributed by atoms with Crippen LogP contribution in [-0.2, 0) is 11.0 Å². The molecule has 1 aliphatic carbocycles. The minimum atomic E-state index is -4.85. The van der Waals surface area contributed by atoms with Crippen LogP contribution in [0.25, 0.3) is 0 Å². The van der Waals surface area contributed by atoms with Crippen molar-refractivity contribution in [3.8, 4) is 11.5 Å². The standard InChI is InChI=1S/C25H27F3N2O5.C2H6.CH4S/c1-14(2)30(23(32)15-6-4-3-5-7-15)20-10-9-17(13-18(20)24(33)34)35-21-11-8-16(22(29)31)12-19(21)25(26,27)28;2*1-2/h8-15H,3-7H2,1-2H3,(H2,29,31)(H,33,34);1-2H3;2H,1H3. The molecule has 39 heavy (non-hydrogen) atoms. The molecule has 1 fully saturated rings. The van der Waals surface area contributed by atoms with Crippen molar-refractivity contribution in [1.82, 2.24) is 0 Å². The Balaban J connectivity index is 0.00000181. The first-order valence-electron chi connectivity index (χ1n) is 12.7. The number of halogens is 3. The van der Waals surface area contributed by atoms with Gasteiger partial charge in [0.2, 0.25) is 11.8 Å². The van der Waals surface area contributed by atoms with E-state index in [1.807, 2.05) is 13.8 Å². The Morgan fingerprint density at radius 2 is 1.62 bits per heavy atom. The Morgan fingerprint density at radius 3 is 2.10 bits per heavy atom. The molecular weight excluding hydrogens is 533 g/mol. The molecule has 0 unspecified atom stereocenters. The van der Waals surface area contributed by atoms with Crippen molar-refractivity contribution in [2.24, 2.45) is 11.7 Å². The van der Waals surface area contributed by atoms with E-state index in [0.29, 0.717) is 6.07 Å². The molecule has 0 aliphatic heterocycles. The summed E-state index contributed by atoms with van der Waals surface area (Å²) < 4.78 is 46.1. The van der Waals surface area contributed by atoms with Crippen LogP contribution >= 0.6 is 12.6 Å². The highest BCUT2D eigenvalue weighted by Crippen LogP contribution is 2.40. The maximum absolute atomic E-state index is 13.6. The van der Waals surface area contributed by atoms with Gasteiger partial charge in [0, 0.05) is 17.5 Å². The molecule has 2 amide bonds. The van der Waals surface area contributed by atoms with Crippen molar-refractivity contribution in [3.63, 3.8) is 0 Å². The molecule has 3 N–H and O–H groups in total. The summed E-state index contributed by atoms with van der Waals surface area (Å²) in [7, 11) is 0. The molecule has 0 bridgehead atoms. The minimum Gasteiger partial charge on any atom is -0.478 e. The van der Waals surface area contributed by atoms with Crippen LogP contribution in [-0.4, -0.2) is 35.2 Å². The number of ether oxygens (including phenoxy) is 1. The zero-order valence-corrected chi connectivity index (χ0v) is 23.7. The first kappa shape index (κ1) is 33.8. The normalized spacial score (nSPS) is 13.4. The number of amides is 2. The summed E-state index contributed by atoms with van der Waals surface area (Å²) in [6.45, 7) is 7.54. The maximum atomic E-state index is 13.6. The number of rotatable bonds is 7. The molecule has 0 atom stereocenters. The zero-order valence-electron chi connectivity index (χ0n) is 22.8. The van der Waals surface area contributed by atoms with Gasteiger partial charge in [0.15, 0.2) is 0 Å². The van der Waals surface area contributed by atoms with Crippen molar-refractivity contribution < 1.29 is 37.4 Å². The summed E-state index contributed by atoms with van der Waals surface area (Å²) in [5.41, 5.74) is 3.38. The van der Waals surface area contributed by atoms with E-state index in [0.717, 1.165) is 50.3 Å². The quantitative estimate of drug-likeness (QED) is 0.305. The number of thiol groups is 1. The summed E-state index contributed by atoms with van der Waals surface area (Å²) in [6.07, 6.45) is 1.21. The number of nitrogens with two attached hydrogens (primary N) is 1. The van der Waals surface area contributed by atoms with Crippen LogP contribution in [0.3, 0.4) is 0 Å². The Bertz CT molecular complexity index is 1130. The van der Waals surface area contributed by atoms with E-state index in [4.69, 9.17) is 10.5 Å². The van der Waals surface area contributed by atoms with Crippen LogP contribution in [0.5, 0.6) is 11.5 Å². The van der Waals surface area contributed by atoms with E-state index >= 15 is 0 Å². The molecule has 0 spiro atoms. The van der Waals surface area contributed by atoms with Gasteiger partial charge in [-0.2, -0.15) is 25.8 Å². The molecule has 0 saturated heterocycles. The highest BCUT2D eigenvalue weighted by molar-refractivity contribution is 7.79. The van der Waals surface area contributed by atoms with Gasteiger partial charge in [-0.25, -0.2) is 4.79 Å². The number of carbonyl (C=O) groups is 3. The van der Waals surface area contributed by atoms with Gasteiger partial charge in [0.25, 0.3) is 0 Å². The fourth-order valence-electron chi connectivity index (χ4n) is 4.28. The van der Waals surface area contributed by atoms with Crippen molar-refractivity contribution in [3.05, 3.63) is 53.1 Å². The van der Waals surface area contributed by atoms with Gasteiger partial charge in [0.1, 0.15) is 11.5 Å². The monoisotopic (exact) mass is 570 g/mol. The molecule has 2 aromatic carbocycles.